The Hall–Kier alpha value is -2.71. The molecule has 4 N–H and O–H groups in total. The Morgan fingerprint density at radius 1 is 1.07 bits per heavy atom. The van der Waals surface area contributed by atoms with E-state index >= 15 is 0 Å². The predicted octanol–water partition coefficient (Wildman–Crippen LogP) is 3.28. The first kappa shape index (κ1) is 19.1. The molecule has 0 bridgehead atoms. The molecule has 0 aliphatic rings. The van der Waals surface area contributed by atoms with Gasteiger partial charge in [-0.1, -0.05) is 0 Å². The third-order valence-corrected chi connectivity index (χ3v) is 5.19. The number of hydrogen-bond donors (Lipinski definition) is 4. The summed E-state index contributed by atoms with van der Waals surface area (Å²) < 4.78 is 20.3. The number of aromatic hydroxyl groups is 3. The maximum atomic E-state index is 12.5. The highest BCUT2D eigenvalue weighted by Gasteiger charge is 2.17. The van der Waals surface area contributed by atoms with Gasteiger partial charge in [0.05, 0.1) is 5.39 Å². The molecule has 0 saturated heterocycles. The summed E-state index contributed by atoms with van der Waals surface area (Å²) in [6, 6.07) is 8.35. The molecule has 9 heteroatoms. The first-order valence-corrected chi connectivity index (χ1v) is 9.79. The minimum atomic E-state index is -1.35. The Kier molecular flexibility index (Phi) is 5.57. The van der Waals surface area contributed by atoms with E-state index in [1.54, 1.807) is 6.07 Å². The van der Waals surface area contributed by atoms with Crippen LogP contribution in [0.1, 0.15) is 6.42 Å². The lowest BCUT2D eigenvalue weighted by Gasteiger charge is -2.09. The summed E-state index contributed by atoms with van der Waals surface area (Å²) in [5, 5.41) is 29.4. The highest BCUT2D eigenvalue weighted by molar-refractivity contribution is 7.86. The smallest absolute Gasteiger partial charge is 0.235 e. The van der Waals surface area contributed by atoms with Crippen molar-refractivity contribution < 1.29 is 23.9 Å². The molecule has 0 amide bonds. The highest BCUT2D eigenvalue weighted by atomic mass is 35.5. The molecule has 0 fully saturated rings. The fourth-order valence-electron chi connectivity index (χ4n) is 2.48. The molecule has 0 aliphatic heterocycles. The van der Waals surface area contributed by atoms with E-state index in [0.29, 0.717) is 23.7 Å². The van der Waals surface area contributed by atoms with Crippen LogP contribution in [-0.4, -0.2) is 31.2 Å². The molecule has 1 aromatic heterocycles. The van der Waals surface area contributed by atoms with Crippen molar-refractivity contribution in [3.8, 4) is 28.6 Å². The first-order chi connectivity index (χ1) is 12.9. The normalized spacial score (nSPS) is 12.2. The standard InChI is InChI=1S/C18H16ClNO6S/c19-6-1-7-27(25)20-11-3-5-15-12(9-11)16(23)17(24)18(26-15)10-2-4-13(21)14(22)8-10/h2-5,8-9,20-22,24H,1,6-7H2. The van der Waals surface area contributed by atoms with E-state index in [1.807, 2.05) is 0 Å². The van der Waals surface area contributed by atoms with Gasteiger partial charge in [-0.15, -0.1) is 11.6 Å². The number of alkyl halides is 1. The molecule has 3 rings (SSSR count). The van der Waals surface area contributed by atoms with Crippen molar-refractivity contribution in [1.82, 2.24) is 0 Å². The third-order valence-electron chi connectivity index (χ3n) is 3.80. The Labute approximate surface area is 161 Å². The predicted molar refractivity (Wildman–Crippen MR) is 105 cm³/mol. The lowest BCUT2D eigenvalue weighted by molar-refractivity contribution is 0.403. The van der Waals surface area contributed by atoms with Crippen LogP contribution in [0.2, 0.25) is 0 Å². The second-order valence-corrected chi connectivity index (χ2v) is 7.40. The summed E-state index contributed by atoms with van der Waals surface area (Å²) in [5.41, 5.74) is 0.203. The molecule has 142 valence electrons. The van der Waals surface area contributed by atoms with Crippen LogP contribution in [0.3, 0.4) is 0 Å². The largest absolute Gasteiger partial charge is 0.504 e. The van der Waals surface area contributed by atoms with E-state index in [4.69, 9.17) is 16.0 Å². The Morgan fingerprint density at radius 2 is 1.85 bits per heavy atom. The van der Waals surface area contributed by atoms with Crippen LogP contribution in [0.5, 0.6) is 17.2 Å². The van der Waals surface area contributed by atoms with Gasteiger partial charge in [-0.3, -0.25) is 4.79 Å². The Balaban J connectivity index is 2.02. The van der Waals surface area contributed by atoms with Gasteiger partial charge in [0, 0.05) is 22.9 Å². The summed E-state index contributed by atoms with van der Waals surface area (Å²) in [5.74, 6) is -0.738. The molecule has 2 aromatic carbocycles. The number of phenolic OH excluding ortho intramolecular Hbond substituents is 2. The maximum Gasteiger partial charge on any atom is 0.235 e. The fourth-order valence-corrected chi connectivity index (χ4v) is 3.67. The van der Waals surface area contributed by atoms with Gasteiger partial charge in [-0.05, 0) is 42.8 Å². The van der Waals surface area contributed by atoms with E-state index in [1.165, 1.54) is 30.3 Å². The number of nitrogens with one attached hydrogen (secondary N) is 1. The van der Waals surface area contributed by atoms with E-state index in [0.717, 1.165) is 0 Å². The molecule has 1 heterocycles. The third kappa shape index (κ3) is 4.01. The first-order valence-electron chi connectivity index (χ1n) is 7.94. The summed E-state index contributed by atoms with van der Waals surface area (Å²) >= 11 is 5.58. The number of fused-ring (bicyclic) bond motifs is 1. The second-order valence-electron chi connectivity index (χ2n) is 5.72. The van der Waals surface area contributed by atoms with E-state index < -0.39 is 27.9 Å². The number of hydrogen-bond acceptors (Lipinski definition) is 6. The van der Waals surface area contributed by atoms with E-state index in [2.05, 4.69) is 4.72 Å². The molecule has 1 unspecified atom stereocenters. The lowest BCUT2D eigenvalue weighted by Crippen LogP contribution is -2.10. The zero-order chi connectivity index (χ0) is 19.6. The van der Waals surface area contributed by atoms with Crippen LogP contribution in [0.15, 0.2) is 45.6 Å². The van der Waals surface area contributed by atoms with Gasteiger partial charge in [-0.25, -0.2) is 4.21 Å². The van der Waals surface area contributed by atoms with Crippen molar-refractivity contribution in [1.29, 1.82) is 0 Å². The quantitative estimate of drug-likeness (QED) is 0.366. The topological polar surface area (TPSA) is 120 Å². The summed E-state index contributed by atoms with van der Waals surface area (Å²) in [6.07, 6.45) is 0.584. The minimum Gasteiger partial charge on any atom is -0.504 e. The van der Waals surface area contributed by atoms with Gasteiger partial charge in [0.25, 0.3) is 0 Å². The zero-order valence-electron chi connectivity index (χ0n) is 13.9. The number of anilines is 1. The molecule has 0 aliphatic carbocycles. The average molecular weight is 410 g/mol. The second kappa shape index (κ2) is 7.89. The molecule has 3 aromatic rings. The molecular formula is C18H16ClNO6S. The number of halogens is 1. The molecule has 0 spiro atoms. The van der Waals surface area contributed by atoms with Crippen molar-refractivity contribution in [3.05, 3.63) is 46.6 Å². The molecule has 0 saturated carbocycles. The summed E-state index contributed by atoms with van der Waals surface area (Å²) in [6.45, 7) is 0. The monoisotopic (exact) mass is 409 g/mol. The maximum absolute atomic E-state index is 12.5. The van der Waals surface area contributed by atoms with Gasteiger partial charge < -0.3 is 24.5 Å². The van der Waals surface area contributed by atoms with Gasteiger partial charge >= 0.3 is 0 Å². The minimum absolute atomic E-state index is 0.110. The van der Waals surface area contributed by atoms with Crippen molar-refractivity contribution in [2.75, 3.05) is 16.4 Å². The zero-order valence-corrected chi connectivity index (χ0v) is 15.5. The van der Waals surface area contributed by atoms with Crippen LogP contribution in [0, 0.1) is 0 Å². The highest BCUT2D eigenvalue weighted by Crippen LogP contribution is 2.35. The van der Waals surface area contributed by atoms with Gasteiger partial charge in [0.1, 0.15) is 16.6 Å². The van der Waals surface area contributed by atoms with Crippen LogP contribution in [-0.2, 0) is 11.0 Å². The van der Waals surface area contributed by atoms with E-state index in [9.17, 15) is 24.3 Å². The molecule has 7 nitrogen and oxygen atoms in total. The van der Waals surface area contributed by atoms with Crippen LogP contribution in [0.25, 0.3) is 22.3 Å². The van der Waals surface area contributed by atoms with Gasteiger partial charge in [0.15, 0.2) is 17.3 Å². The lowest BCUT2D eigenvalue weighted by atomic mass is 10.1. The summed E-state index contributed by atoms with van der Waals surface area (Å²) in [7, 11) is -1.35. The number of benzene rings is 2. The van der Waals surface area contributed by atoms with Crippen molar-refractivity contribution in [2.24, 2.45) is 0 Å². The number of rotatable bonds is 6. The van der Waals surface area contributed by atoms with Crippen molar-refractivity contribution in [3.63, 3.8) is 0 Å². The average Bonchev–Trinajstić information content (AvgIpc) is 2.65. The Morgan fingerprint density at radius 3 is 2.56 bits per heavy atom. The number of phenols is 2. The van der Waals surface area contributed by atoms with Crippen molar-refractivity contribution >= 4 is 39.2 Å². The van der Waals surface area contributed by atoms with Gasteiger partial charge in [-0.2, -0.15) is 0 Å². The van der Waals surface area contributed by atoms with Crippen molar-refractivity contribution in [2.45, 2.75) is 6.42 Å². The molecule has 27 heavy (non-hydrogen) atoms. The van der Waals surface area contributed by atoms with Crippen LogP contribution in [0.4, 0.5) is 5.69 Å². The SMILES string of the molecule is O=c1c(O)c(-c2ccc(O)c(O)c2)oc2ccc(NS(=O)CCCCl)cc12. The fraction of sp³-hybridized carbons (Fsp3) is 0.167. The Bertz CT molecular complexity index is 1080. The molecule has 0 radical (unpaired) electrons. The van der Waals surface area contributed by atoms with Crippen LogP contribution < -0.4 is 10.2 Å². The molecular weight excluding hydrogens is 394 g/mol. The van der Waals surface area contributed by atoms with Gasteiger partial charge in [0.2, 0.25) is 11.2 Å². The van der Waals surface area contributed by atoms with E-state index in [-0.39, 0.29) is 28.0 Å². The van der Waals surface area contributed by atoms with Crippen LogP contribution >= 0.6 is 11.6 Å². The molecule has 1 atom stereocenters. The summed E-state index contributed by atoms with van der Waals surface area (Å²) in [4.78, 5) is 12.5.